The van der Waals surface area contributed by atoms with Crippen molar-refractivity contribution < 1.29 is 4.79 Å². The molecule has 0 aliphatic rings. The fourth-order valence-electron chi connectivity index (χ4n) is 2.60. The molecule has 0 spiro atoms. The van der Waals surface area contributed by atoms with Crippen LogP contribution in [0.2, 0.25) is 0 Å². The summed E-state index contributed by atoms with van der Waals surface area (Å²) in [6.07, 6.45) is 2.30. The normalized spacial score (nSPS) is 12.1. The summed E-state index contributed by atoms with van der Waals surface area (Å²) in [7, 11) is 0. The van der Waals surface area contributed by atoms with E-state index >= 15 is 0 Å². The molecule has 0 saturated carbocycles. The van der Waals surface area contributed by atoms with E-state index in [2.05, 4.69) is 59.9 Å². The van der Waals surface area contributed by atoms with Crippen molar-refractivity contribution in [2.75, 3.05) is 19.6 Å². The molecule has 1 aromatic carbocycles. The van der Waals surface area contributed by atoms with Crippen molar-refractivity contribution in [3.63, 3.8) is 0 Å². The molecule has 1 atom stereocenters. The second-order valence-electron chi connectivity index (χ2n) is 6.56. The zero-order valence-electron chi connectivity index (χ0n) is 16.8. The summed E-state index contributed by atoms with van der Waals surface area (Å²) in [5.41, 5.74) is 3.92. The largest absolute Gasteiger partial charge is 0.357 e. The summed E-state index contributed by atoms with van der Waals surface area (Å²) >= 11 is 0. The molecule has 0 bridgehead atoms. The van der Waals surface area contributed by atoms with Gasteiger partial charge in [0.2, 0.25) is 5.91 Å². The van der Waals surface area contributed by atoms with Crippen molar-refractivity contribution in [1.82, 2.24) is 16.0 Å². The number of carbonyl (C=O) groups is 1. The van der Waals surface area contributed by atoms with E-state index in [4.69, 9.17) is 0 Å². The maximum absolute atomic E-state index is 11.8. The van der Waals surface area contributed by atoms with Gasteiger partial charge >= 0.3 is 0 Å². The van der Waals surface area contributed by atoms with Crippen molar-refractivity contribution in [1.29, 1.82) is 0 Å². The molecule has 0 fully saturated rings. The third kappa shape index (κ3) is 10.6. The van der Waals surface area contributed by atoms with Crippen LogP contribution in [-0.4, -0.2) is 37.5 Å². The second-order valence-corrected chi connectivity index (χ2v) is 6.56. The van der Waals surface area contributed by atoms with E-state index in [1.165, 1.54) is 16.7 Å². The van der Waals surface area contributed by atoms with Crippen molar-refractivity contribution in [3.05, 3.63) is 34.9 Å². The van der Waals surface area contributed by atoms with Crippen molar-refractivity contribution in [3.8, 4) is 0 Å². The van der Waals surface area contributed by atoms with Gasteiger partial charge in [0, 0.05) is 25.6 Å². The average Bonchev–Trinajstić information content (AvgIpc) is 2.53. The molecule has 1 aromatic rings. The fraction of sp³-hybridized carbons (Fsp3) is 0.600. The van der Waals surface area contributed by atoms with E-state index in [1.807, 2.05) is 13.8 Å². The highest BCUT2D eigenvalue weighted by molar-refractivity contribution is 14.0. The number of hydrogen-bond donors (Lipinski definition) is 3. The quantitative estimate of drug-likeness (QED) is 0.292. The van der Waals surface area contributed by atoms with E-state index in [1.54, 1.807) is 0 Å². The first-order valence-corrected chi connectivity index (χ1v) is 9.33. The van der Waals surface area contributed by atoms with Gasteiger partial charge in [-0.1, -0.05) is 36.2 Å². The van der Waals surface area contributed by atoms with Crippen LogP contribution in [-0.2, 0) is 11.2 Å². The van der Waals surface area contributed by atoms with Crippen LogP contribution in [0.3, 0.4) is 0 Å². The Balaban J connectivity index is 0.00000625. The summed E-state index contributed by atoms with van der Waals surface area (Å²) in [5, 5.41) is 9.53. The smallest absolute Gasteiger partial charge is 0.222 e. The van der Waals surface area contributed by atoms with Crippen molar-refractivity contribution in [2.45, 2.75) is 59.9 Å². The molecular weight excluding hydrogens is 439 g/mol. The van der Waals surface area contributed by atoms with E-state index in [-0.39, 0.29) is 35.9 Å². The first-order chi connectivity index (χ1) is 11.9. The highest BCUT2D eigenvalue weighted by atomic mass is 127. The van der Waals surface area contributed by atoms with Gasteiger partial charge in [0.15, 0.2) is 5.96 Å². The molecule has 3 N–H and O–H groups in total. The number of hydrogen-bond acceptors (Lipinski definition) is 2. The van der Waals surface area contributed by atoms with Crippen LogP contribution in [0.5, 0.6) is 0 Å². The van der Waals surface area contributed by atoms with Crippen LogP contribution in [0.25, 0.3) is 0 Å². The number of rotatable bonds is 9. The maximum atomic E-state index is 11.8. The van der Waals surface area contributed by atoms with Crippen LogP contribution in [0, 0.1) is 13.8 Å². The zero-order chi connectivity index (χ0) is 18.7. The predicted octanol–water partition coefficient (Wildman–Crippen LogP) is 3.32. The zero-order valence-corrected chi connectivity index (χ0v) is 19.1. The first-order valence-electron chi connectivity index (χ1n) is 9.33. The maximum Gasteiger partial charge on any atom is 0.222 e. The van der Waals surface area contributed by atoms with Crippen LogP contribution in [0.4, 0.5) is 0 Å². The molecule has 0 aromatic heterocycles. The molecule has 0 radical (unpaired) electrons. The summed E-state index contributed by atoms with van der Waals surface area (Å²) in [6, 6.07) is 6.85. The fourth-order valence-corrected chi connectivity index (χ4v) is 2.60. The lowest BCUT2D eigenvalue weighted by atomic mass is 10.1. The van der Waals surface area contributed by atoms with Crippen molar-refractivity contribution >= 4 is 35.8 Å². The Hall–Kier alpha value is -1.31. The standard InChI is InChI=1S/C20H34N4O.HI/c1-6-17(5)24-19(25)9-11-23-20(21-7-2)22-10-8-18-13-15(3)12-16(4)14-18;/h12-14,17H,6-11H2,1-5H3,(H,24,25)(H2,21,22,23);1H. The average molecular weight is 474 g/mol. The monoisotopic (exact) mass is 474 g/mol. The number of guanidine groups is 1. The Labute approximate surface area is 175 Å². The Bertz CT molecular complexity index is 555. The minimum Gasteiger partial charge on any atom is -0.357 e. The Morgan fingerprint density at radius 2 is 1.77 bits per heavy atom. The van der Waals surface area contributed by atoms with Crippen LogP contribution in [0.15, 0.2) is 23.2 Å². The lowest BCUT2D eigenvalue weighted by Crippen LogP contribution is -2.38. The van der Waals surface area contributed by atoms with Gasteiger partial charge in [0.25, 0.3) is 0 Å². The molecular formula is C20H35IN4O. The Morgan fingerprint density at radius 1 is 1.12 bits per heavy atom. The highest BCUT2D eigenvalue weighted by Crippen LogP contribution is 2.08. The third-order valence-electron chi connectivity index (χ3n) is 3.96. The minimum absolute atomic E-state index is 0. The van der Waals surface area contributed by atoms with Gasteiger partial charge in [-0.2, -0.15) is 0 Å². The second kappa shape index (κ2) is 13.8. The molecule has 0 heterocycles. The first kappa shape index (κ1) is 24.7. The molecule has 0 aliphatic carbocycles. The highest BCUT2D eigenvalue weighted by Gasteiger charge is 2.05. The van der Waals surface area contributed by atoms with E-state index in [0.29, 0.717) is 13.0 Å². The van der Waals surface area contributed by atoms with E-state index in [9.17, 15) is 4.79 Å². The number of nitrogens with zero attached hydrogens (tertiary/aromatic N) is 1. The van der Waals surface area contributed by atoms with Gasteiger partial charge in [0.1, 0.15) is 0 Å². The molecule has 26 heavy (non-hydrogen) atoms. The molecule has 0 saturated heterocycles. The number of aryl methyl sites for hydroxylation is 2. The number of amides is 1. The minimum atomic E-state index is 0. The number of carbonyl (C=O) groups excluding carboxylic acids is 1. The van der Waals surface area contributed by atoms with Gasteiger partial charge < -0.3 is 16.0 Å². The van der Waals surface area contributed by atoms with Crippen LogP contribution < -0.4 is 16.0 Å². The molecule has 0 aliphatic heterocycles. The lowest BCUT2D eigenvalue weighted by molar-refractivity contribution is -0.121. The number of nitrogens with one attached hydrogen (secondary N) is 3. The van der Waals surface area contributed by atoms with Gasteiger partial charge in [0.05, 0.1) is 6.54 Å². The van der Waals surface area contributed by atoms with E-state index < -0.39 is 0 Å². The van der Waals surface area contributed by atoms with Gasteiger partial charge in [-0.25, -0.2) is 0 Å². The van der Waals surface area contributed by atoms with Gasteiger partial charge in [-0.3, -0.25) is 9.79 Å². The molecule has 1 rings (SSSR count). The number of halogens is 1. The summed E-state index contributed by atoms with van der Waals surface area (Å²) in [5.74, 6) is 0.826. The molecule has 1 amide bonds. The van der Waals surface area contributed by atoms with Crippen LogP contribution >= 0.6 is 24.0 Å². The van der Waals surface area contributed by atoms with Gasteiger partial charge in [-0.05, 0) is 46.1 Å². The molecule has 148 valence electrons. The molecule has 5 nitrogen and oxygen atoms in total. The summed E-state index contributed by atoms with van der Waals surface area (Å²) in [4.78, 5) is 16.3. The SMILES string of the molecule is CCNC(=NCCC(=O)NC(C)CC)NCCc1cc(C)cc(C)c1.I. The Morgan fingerprint density at radius 3 is 2.35 bits per heavy atom. The predicted molar refractivity (Wildman–Crippen MR) is 122 cm³/mol. The lowest BCUT2D eigenvalue weighted by Gasteiger charge is -2.13. The summed E-state index contributed by atoms with van der Waals surface area (Å²) in [6.45, 7) is 12.5. The van der Waals surface area contributed by atoms with Crippen molar-refractivity contribution in [2.24, 2.45) is 4.99 Å². The Kier molecular flexibility index (Phi) is 13.1. The van der Waals surface area contributed by atoms with Gasteiger partial charge in [-0.15, -0.1) is 24.0 Å². The molecule has 6 heteroatoms. The molecule has 1 unspecified atom stereocenters. The van der Waals surface area contributed by atoms with E-state index in [0.717, 1.165) is 31.9 Å². The number of aliphatic imine (C=N–C) groups is 1. The topological polar surface area (TPSA) is 65.5 Å². The third-order valence-corrected chi connectivity index (χ3v) is 3.96. The van der Waals surface area contributed by atoms with Crippen LogP contribution in [0.1, 0.15) is 50.3 Å². The summed E-state index contributed by atoms with van der Waals surface area (Å²) < 4.78 is 0. The number of benzene rings is 1.